The molecular weight excluding hydrogens is 270 g/mol. The normalized spacial score (nSPS) is 10.1. The average Bonchev–Trinajstić information content (AvgIpc) is 2.30. The van der Waals surface area contributed by atoms with Gasteiger partial charge in [0.15, 0.2) is 0 Å². The molecule has 0 radical (unpaired) electrons. The molecule has 82 valence electrons. The summed E-state index contributed by atoms with van der Waals surface area (Å²) in [4.78, 5) is 8.19. The molecule has 0 unspecified atom stereocenters. The Hall–Kier alpha value is -1.46. The van der Waals surface area contributed by atoms with Gasteiger partial charge < -0.3 is 10.5 Å². The summed E-state index contributed by atoms with van der Waals surface area (Å²) in [5.41, 5.74) is 6.16. The monoisotopic (exact) mass is 279 g/mol. The van der Waals surface area contributed by atoms with Crippen LogP contribution in [0.25, 0.3) is 0 Å². The van der Waals surface area contributed by atoms with Crippen LogP contribution >= 0.6 is 15.9 Å². The second-order valence-corrected chi connectivity index (χ2v) is 4.03. The van der Waals surface area contributed by atoms with E-state index in [1.165, 1.54) is 0 Å². The van der Waals surface area contributed by atoms with Gasteiger partial charge in [0.2, 0.25) is 5.88 Å². The van der Waals surface area contributed by atoms with Crippen molar-refractivity contribution in [3.05, 3.63) is 46.8 Å². The number of hydrogen-bond acceptors (Lipinski definition) is 4. The summed E-state index contributed by atoms with van der Waals surface area (Å²) in [6.07, 6.45) is 3.16. The molecule has 0 aliphatic rings. The van der Waals surface area contributed by atoms with Crippen LogP contribution in [0.1, 0.15) is 5.69 Å². The maximum absolute atomic E-state index is 5.51. The Bertz CT molecular complexity index is 473. The molecule has 2 aromatic rings. The fraction of sp³-hybridized carbons (Fsp3) is 0.0909. The molecule has 2 rings (SSSR count). The maximum Gasteiger partial charge on any atom is 0.237 e. The Morgan fingerprint density at radius 1 is 1.25 bits per heavy atom. The fourth-order valence-corrected chi connectivity index (χ4v) is 1.53. The van der Waals surface area contributed by atoms with Crippen molar-refractivity contribution in [2.45, 2.75) is 6.54 Å². The van der Waals surface area contributed by atoms with E-state index in [9.17, 15) is 0 Å². The molecule has 0 fully saturated rings. The van der Waals surface area contributed by atoms with E-state index in [4.69, 9.17) is 10.5 Å². The van der Waals surface area contributed by atoms with Crippen molar-refractivity contribution in [3.8, 4) is 11.6 Å². The highest BCUT2D eigenvalue weighted by molar-refractivity contribution is 9.10. The summed E-state index contributed by atoms with van der Waals surface area (Å²) < 4.78 is 6.47. The lowest BCUT2D eigenvalue weighted by Crippen LogP contribution is -2.00. The highest BCUT2D eigenvalue weighted by atomic mass is 79.9. The smallest absolute Gasteiger partial charge is 0.237 e. The van der Waals surface area contributed by atoms with Gasteiger partial charge in [0.05, 0.1) is 18.1 Å². The number of benzene rings is 1. The molecule has 0 saturated carbocycles. The molecule has 0 aliphatic carbocycles. The van der Waals surface area contributed by atoms with E-state index < -0.39 is 0 Å². The standard InChI is InChI=1S/C11H10BrN3O/c12-8-2-1-3-10(4-8)16-11-7-14-9(5-13)6-15-11/h1-4,6-7H,5,13H2. The van der Waals surface area contributed by atoms with Crippen molar-refractivity contribution in [3.63, 3.8) is 0 Å². The van der Waals surface area contributed by atoms with E-state index in [1.807, 2.05) is 24.3 Å². The maximum atomic E-state index is 5.51. The quantitative estimate of drug-likeness (QED) is 0.938. The van der Waals surface area contributed by atoms with Crippen LogP contribution in [-0.2, 0) is 6.54 Å². The number of aromatic nitrogens is 2. The minimum absolute atomic E-state index is 0.379. The summed E-state index contributed by atoms with van der Waals surface area (Å²) >= 11 is 3.37. The van der Waals surface area contributed by atoms with Gasteiger partial charge in [-0.1, -0.05) is 22.0 Å². The van der Waals surface area contributed by atoms with E-state index >= 15 is 0 Å². The molecule has 0 saturated heterocycles. The van der Waals surface area contributed by atoms with E-state index in [1.54, 1.807) is 12.4 Å². The van der Waals surface area contributed by atoms with Crippen LogP contribution in [-0.4, -0.2) is 9.97 Å². The molecule has 0 amide bonds. The molecule has 0 atom stereocenters. The van der Waals surface area contributed by atoms with Crippen molar-refractivity contribution < 1.29 is 4.74 Å². The topological polar surface area (TPSA) is 61.0 Å². The lowest BCUT2D eigenvalue weighted by atomic mass is 10.3. The minimum atomic E-state index is 0.379. The van der Waals surface area contributed by atoms with Gasteiger partial charge in [-0.05, 0) is 18.2 Å². The Morgan fingerprint density at radius 3 is 2.75 bits per heavy atom. The van der Waals surface area contributed by atoms with E-state index in [2.05, 4.69) is 25.9 Å². The molecule has 1 heterocycles. The first-order chi connectivity index (χ1) is 7.78. The third-order valence-electron chi connectivity index (χ3n) is 1.91. The van der Waals surface area contributed by atoms with Crippen LogP contribution < -0.4 is 10.5 Å². The number of nitrogens with two attached hydrogens (primary N) is 1. The first-order valence-corrected chi connectivity index (χ1v) is 5.51. The predicted molar refractivity (Wildman–Crippen MR) is 64.1 cm³/mol. The second-order valence-electron chi connectivity index (χ2n) is 3.11. The molecule has 1 aromatic heterocycles. The number of hydrogen-bond donors (Lipinski definition) is 1. The van der Waals surface area contributed by atoms with Gasteiger partial charge in [0.25, 0.3) is 0 Å². The molecule has 0 bridgehead atoms. The van der Waals surface area contributed by atoms with Gasteiger partial charge in [-0.25, -0.2) is 4.98 Å². The predicted octanol–water partition coefficient (Wildman–Crippen LogP) is 2.49. The average molecular weight is 280 g/mol. The zero-order valence-electron chi connectivity index (χ0n) is 8.43. The lowest BCUT2D eigenvalue weighted by molar-refractivity contribution is 0.459. The first-order valence-electron chi connectivity index (χ1n) is 4.72. The zero-order valence-corrected chi connectivity index (χ0v) is 10.0. The summed E-state index contributed by atoms with van der Waals surface area (Å²) in [5.74, 6) is 1.17. The van der Waals surface area contributed by atoms with Crippen molar-refractivity contribution in [2.75, 3.05) is 0 Å². The van der Waals surface area contributed by atoms with Crippen LogP contribution in [0, 0.1) is 0 Å². The summed E-state index contributed by atoms with van der Waals surface area (Å²) in [6, 6.07) is 7.53. The van der Waals surface area contributed by atoms with Crippen molar-refractivity contribution in [1.82, 2.24) is 9.97 Å². The molecule has 2 N–H and O–H groups in total. The molecule has 0 aliphatic heterocycles. The van der Waals surface area contributed by atoms with E-state index in [0.29, 0.717) is 18.2 Å². The van der Waals surface area contributed by atoms with Gasteiger partial charge in [0.1, 0.15) is 5.75 Å². The molecule has 1 aromatic carbocycles. The second kappa shape index (κ2) is 5.05. The van der Waals surface area contributed by atoms with Gasteiger partial charge in [-0.3, -0.25) is 4.98 Å². The third-order valence-corrected chi connectivity index (χ3v) is 2.40. The Morgan fingerprint density at radius 2 is 2.12 bits per heavy atom. The summed E-state index contributed by atoms with van der Waals surface area (Å²) in [6.45, 7) is 0.379. The van der Waals surface area contributed by atoms with Crippen LogP contribution in [0.4, 0.5) is 0 Å². The summed E-state index contributed by atoms with van der Waals surface area (Å²) in [5, 5.41) is 0. The fourth-order valence-electron chi connectivity index (χ4n) is 1.15. The van der Waals surface area contributed by atoms with E-state index in [0.717, 1.165) is 10.2 Å². The Balaban J connectivity index is 2.14. The minimum Gasteiger partial charge on any atom is -0.437 e. The van der Waals surface area contributed by atoms with Gasteiger partial charge in [-0.2, -0.15) is 0 Å². The van der Waals surface area contributed by atoms with Crippen molar-refractivity contribution in [2.24, 2.45) is 5.73 Å². The van der Waals surface area contributed by atoms with Crippen LogP contribution in [0.15, 0.2) is 41.1 Å². The Kier molecular flexibility index (Phi) is 3.48. The third kappa shape index (κ3) is 2.77. The number of rotatable bonds is 3. The molecule has 4 nitrogen and oxygen atoms in total. The molecular formula is C11H10BrN3O. The lowest BCUT2D eigenvalue weighted by Gasteiger charge is -2.04. The molecule has 16 heavy (non-hydrogen) atoms. The number of ether oxygens (including phenoxy) is 1. The largest absolute Gasteiger partial charge is 0.437 e. The van der Waals surface area contributed by atoms with Gasteiger partial charge in [0, 0.05) is 11.0 Å². The van der Waals surface area contributed by atoms with Crippen LogP contribution in [0.5, 0.6) is 11.6 Å². The van der Waals surface area contributed by atoms with E-state index in [-0.39, 0.29) is 0 Å². The highest BCUT2D eigenvalue weighted by Gasteiger charge is 2.00. The van der Waals surface area contributed by atoms with Crippen molar-refractivity contribution >= 4 is 15.9 Å². The number of halogens is 1. The Labute approximate surface area is 102 Å². The molecule has 5 heteroatoms. The van der Waals surface area contributed by atoms with Gasteiger partial charge in [-0.15, -0.1) is 0 Å². The highest BCUT2D eigenvalue weighted by Crippen LogP contribution is 2.22. The molecule has 0 spiro atoms. The SMILES string of the molecule is NCc1cnc(Oc2cccc(Br)c2)cn1. The van der Waals surface area contributed by atoms with Gasteiger partial charge >= 0.3 is 0 Å². The zero-order chi connectivity index (χ0) is 11.4. The summed E-state index contributed by atoms with van der Waals surface area (Å²) in [7, 11) is 0. The van der Waals surface area contributed by atoms with Crippen LogP contribution in [0.2, 0.25) is 0 Å². The number of nitrogens with zero attached hydrogens (tertiary/aromatic N) is 2. The van der Waals surface area contributed by atoms with Crippen LogP contribution in [0.3, 0.4) is 0 Å². The first kappa shape index (κ1) is 11.0. The van der Waals surface area contributed by atoms with Crippen molar-refractivity contribution in [1.29, 1.82) is 0 Å².